The van der Waals surface area contributed by atoms with Crippen LogP contribution in [0.3, 0.4) is 0 Å². The number of thioether (sulfide) groups is 1. The summed E-state index contributed by atoms with van der Waals surface area (Å²) in [5.41, 5.74) is 6.00. The molecule has 0 saturated heterocycles. The summed E-state index contributed by atoms with van der Waals surface area (Å²) in [5, 5.41) is 0. The quantitative estimate of drug-likeness (QED) is 0.769. The topological polar surface area (TPSA) is 26.0 Å². The largest absolute Gasteiger partial charge is 0.327 e. The predicted octanol–water partition coefficient (Wildman–Crippen LogP) is 3.68. The molecule has 0 aliphatic heterocycles. The van der Waals surface area contributed by atoms with Crippen LogP contribution < -0.4 is 5.73 Å². The maximum Gasteiger partial charge on any atom is 0.123 e. The van der Waals surface area contributed by atoms with Crippen molar-refractivity contribution in [2.24, 2.45) is 11.7 Å². The fourth-order valence-corrected chi connectivity index (χ4v) is 2.27. The minimum Gasteiger partial charge on any atom is -0.327 e. The molecule has 1 rings (SSSR count). The highest BCUT2D eigenvalue weighted by Gasteiger charge is 2.05. The first-order chi connectivity index (χ1) is 7.58. The SMILES string of the molecule is CC(C)CCC(N)CSc1ccc(F)cc1. The first kappa shape index (κ1) is 13.5. The van der Waals surface area contributed by atoms with Crippen molar-refractivity contribution in [1.29, 1.82) is 0 Å². The molecule has 1 nitrogen and oxygen atoms in total. The highest BCUT2D eigenvalue weighted by atomic mass is 32.2. The highest BCUT2D eigenvalue weighted by molar-refractivity contribution is 7.99. The average Bonchev–Trinajstić information content (AvgIpc) is 2.25. The Morgan fingerprint density at radius 2 is 1.81 bits per heavy atom. The third-order valence-corrected chi connectivity index (χ3v) is 3.59. The van der Waals surface area contributed by atoms with Gasteiger partial charge in [0.1, 0.15) is 5.82 Å². The molecule has 0 aliphatic rings. The van der Waals surface area contributed by atoms with Crippen molar-refractivity contribution in [1.82, 2.24) is 0 Å². The molecule has 0 bridgehead atoms. The summed E-state index contributed by atoms with van der Waals surface area (Å²) in [6.07, 6.45) is 2.23. The molecule has 0 spiro atoms. The summed E-state index contributed by atoms with van der Waals surface area (Å²) in [6.45, 7) is 4.42. The summed E-state index contributed by atoms with van der Waals surface area (Å²) >= 11 is 1.70. The fourth-order valence-electron chi connectivity index (χ4n) is 1.36. The number of hydrogen-bond acceptors (Lipinski definition) is 2. The zero-order valence-electron chi connectivity index (χ0n) is 9.95. The molecular formula is C13H20FNS. The lowest BCUT2D eigenvalue weighted by Crippen LogP contribution is -2.23. The predicted molar refractivity (Wildman–Crippen MR) is 69.2 cm³/mol. The summed E-state index contributed by atoms with van der Waals surface area (Å²) in [4.78, 5) is 1.08. The second-order valence-corrected chi connectivity index (χ2v) is 5.59. The van der Waals surface area contributed by atoms with Gasteiger partial charge in [0, 0.05) is 16.7 Å². The summed E-state index contributed by atoms with van der Waals surface area (Å²) in [7, 11) is 0. The second-order valence-electron chi connectivity index (χ2n) is 4.50. The molecule has 1 aromatic rings. The van der Waals surface area contributed by atoms with Gasteiger partial charge in [-0.1, -0.05) is 13.8 Å². The van der Waals surface area contributed by atoms with E-state index < -0.39 is 0 Å². The zero-order chi connectivity index (χ0) is 12.0. The lowest BCUT2D eigenvalue weighted by atomic mass is 10.1. The molecule has 0 fully saturated rings. The molecule has 1 unspecified atom stereocenters. The lowest BCUT2D eigenvalue weighted by molar-refractivity contribution is 0.517. The maximum absolute atomic E-state index is 12.7. The molecule has 0 radical (unpaired) electrons. The van der Waals surface area contributed by atoms with Gasteiger partial charge in [-0.2, -0.15) is 0 Å². The van der Waals surface area contributed by atoms with Gasteiger partial charge in [0.05, 0.1) is 0 Å². The Labute approximate surface area is 102 Å². The number of halogens is 1. The van der Waals surface area contributed by atoms with Crippen molar-refractivity contribution in [3.63, 3.8) is 0 Å². The Bertz CT molecular complexity index is 297. The average molecular weight is 241 g/mol. The third kappa shape index (κ3) is 5.52. The minimum atomic E-state index is -0.187. The van der Waals surface area contributed by atoms with Crippen LogP contribution in [-0.4, -0.2) is 11.8 Å². The van der Waals surface area contributed by atoms with Gasteiger partial charge in [0.15, 0.2) is 0 Å². The number of hydrogen-bond donors (Lipinski definition) is 1. The molecule has 0 aromatic heterocycles. The number of rotatable bonds is 6. The van der Waals surface area contributed by atoms with Crippen molar-refractivity contribution in [2.75, 3.05) is 5.75 Å². The number of nitrogens with two attached hydrogens (primary N) is 1. The van der Waals surface area contributed by atoms with E-state index in [4.69, 9.17) is 5.73 Å². The molecule has 90 valence electrons. The standard InChI is InChI=1S/C13H20FNS/c1-10(2)3-6-12(15)9-16-13-7-4-11(14)5-8-13/h4-5,7-8,10,12H,3,6,9,15H2,1-2H3. The third-order valence-electron chi connectivity index (χ3n) is 2.39. The van der Waals surface area contributed by atoms with Crippen molar-refractivity contribution in [3.05, 3.63) is 30.1 Å². The van der Waals surface area contributed by atoms with Crippen LogP contribution in [0.5, 0.6) is 0 Å². The van der Waals surface area contributed by atoms with Gasteiger partial charge >= 0.3 is 0 Å². The molecule has 0 aliphatic carbocycles. The van der Waals surface area contributed by atoms with Crippen molar-refractivity contribution in [3.8, 4) is 0 Å². The van der Waals surface area contributed by atoms with E-state index in [1.807, 2.05) is 0 Å². The molecule has 0 saturated carbocycles. The number of benzene rings is 1. The summed E-state index contributed by atoms with van der Waals surface area (Å²) in [6, 6.07) is 6.81. The van der Waals surface area contributed by atoms with Gasteiger partial charge in [-0.15, -0.1) is 11.8 Å². The minimum absolute atomic E-state index is 0.187. The second kappa shape index (κ2) is 6.92. The van der Waals surface area contributed by atoms with Gasteiger partial charge in [0.2, 0.25) is 0 Å². The van der Waals surface area contributed by atoms with E-state index in [2.05, 4.69) is 13.8 Å². The van der Waals surface area contributed by atoms with Crippen LogP contribution in [0.15, 0.2) is 29.2 Å². The van der Waals surface area contributed by atoms with Crippen LogP contribution in [0.2, 0.25) is 0 Å². The Morgan fingerprint density at radius 3 is 2.38 bits per heavy atom. The van der Waals surface area contributed by atoms with E-state index in [0.29, 0.717) is 5.92 Å². The van der Waals surface area contributed by atoms with Gasteiger partial charge < -0.3 is 5.73 Å². The molecule has 3 heteroatoms. The monoisotopic (exact) mass is 241 g/mol. The van der Waals surface area contributed by atoms with Gasteiger partial charge in [-0.05, 0) is 43.0 Å². The molecule has 0 amide bonds. The Morgan fingerprint density at radius 1 is 1.19 bits per heavy atom. The first-order valence-corrected chi connectivity index (χ1v) is 6.70. The maximum atomic E-state index is 12.7. The lowest BCUT2D eigenvalue weighted by Gasteiger charge is -2.12. The Hall–Kier alpha value is -0.540. The van der Waals surface area contributed by atoms with E-state index in [-0.39, 0.29) is 11.9 Å². The summed E-state index contributed by atoms with van der Waals surface area (Å²) < 4.78 is 12.7. The molecule has 2 N–H and O–H groups in total. The molecular weight excluding hydrogens is 221 g/mol. The Kier molecular flexibility index (Phi) is 5.85. The fraction of sp³-hybridized carbons (Fsp3) is 0.538. The van der Waals surface area contributed by atoms with Crippen LogP contribution in [0, 0.1) is 11.7 Å². The normalized spacial score (nSPS) is 13.1. The van der Waals surface area contributed by atoms with Crippen molar-refractivity contribution < 1.29 is 4.39 Å². The smallest absolute Gasteiger partial charge is 0.123 e. The van der Waals surface area contributed by atoms with E-state index in [1.54, 1.807) is 23.9 Å². The van der Waals surface area contributed by atoms with E-state index in [9.17, 15) is 4.39 Å². The van der Waals surface area contributed by atoms with Gasteiger partial charge in [-0.3, -0.25) is 0 Å². The molecule has 16 heavy (non-hydrogen) atoms. The van der Waals surface area contributed by atoms with Gasteiger partial charge in [-0.25, -0.2) is 4.39 Å². The van der Waals surface area contributed by atoms with E-state index >= 15 is 0 Å². The van der Waals surface area contributed by atoms with Crippen molar-refractivity contribution >= 4 is 11.8 Å². The Balaban J connectivity index is 2.26. The van der Waals surface area contributed by atoms with Crippen LogP contribution in [0.25, 0.3) is 0 Å². The molecule has 0 heterocycles. The van der Waals surface area contributed by atoms with Crippen LogP contribution in [0.4, 0.5) is 4.39 Å². The zero-order valence-corrected chi connectivity index (χ0v) is 10.8. The van der Waals surface area contributed by atoms with E-state index in [1.165, 1.54) is 18.6 Å². The van der Waals surface area contributed by atoms with Crippen LogP contribution >= 0.6 is 11.8 Å². The van der Waals surface area contributed by atoms with E-state index in [0.717, 1.165) is 17.1 Å². The molecule has 1 atom stereocenters. The van der Waals surface area contributed by atoms with Crippen LogP contribution in [0.1, 0.15) is 26.7 Å². The van der Waals surface area contributed by atoms with Crippen molar-refractivity contribution in [2.45, 2.75) is 37.6 Å². The molecule has 1 aromatic carbocycles. The first-order valence-electron chi connectivity index (χ1n) is 5.72. The van der Waals surface area contributed by atoms with Crippen LogP contribution in [-0.2, 0) is 0 Å². The highest BCUT2D eigenvalue weighted by Crippen LogP contribution is 2.20. The van der Waals surface area contributed by atoms with Gasteiger partial charge in [0.25, 0.3) is 0 Å². The summed E-state index contributed by atoms with van der Waals surface area (Å²) in [5.74, 6) is 1.42.